The van der Waals surface area contributed by atoms with Gasteiger partial charge in [-0.25, -0.2) is 0 Å². The van der Waals surface area contributed by atoms with Gasteiger partial charge in [-0.15, -0.1) is 10.2 Å². The molecule has 0 bridgehead atoms. The van der Waals surface area contributed by atoms with E-state index in [2.05, 4.69) is 15.5 Å². The number of rotatable bonds is 5. The molecule has 0 aliphatic rings. The molecule has 0 saturated heterocycles. The van der Waals surface area contributed by atoms with Crippen molar-refractivity contribution in [3.05, 3.63) is 16.4 Å². The third-order valence-corrected chi connectivity index (χ3v) is 2.08. The maximum atomic E-state index is 8.56. The van der Waals surface area contributed by atoms with Crippen molar-refractivity contribution in [2.45, 2.75) is 12.8 Å². The third-order valence-electron chi connectivity index (χ3n) is 1.62. The Morgan fingerprint density at radius 2 is 2.07 bits per heavy atom. The average Bonchev–Trinajstić information content (AvgIpc) is 2.18. The smallest absolute Gasteiger partial charge is 0.174 e. The van der Waals surface area contributed by atoms with Gasteiger partial charge in [0.25, 0.3) is 0 Å². The molecule has 0 aliphatic heterocycles. The van der Waals surface area contributed by atoms with Gasteiger partial charge in [0.1, 0.15) is 0 Å². The molecule has 0 aromatic carbocycles. The largest absolute Gasteiger partial charge is 0.396 e. The van der Waals surface area contributed by atoms with E-state index in [1.165, 1.54) is 0 Å². The number of nitrogens with one attached hydrogen (secondary N) is 1. The molecule has 4 nitrogen and oxygen atoms in total. The van der Waals surface area contributed by atoms with Gasteiger partial charge in [0.05, 0.1) is 5.69 Å². The minimum Gasteiger partial charge on any atom is -0.396 e. The van der Waals surface area contributed by atoms with Crippen LogP contribution in [0.25, 0.3) is 0 Å². The van der Waals surface area contributed by atoms with Crippen molar-refractivity contribution < 1.29 is 5.11 Å². The molecular formula is C8H11Cl2N3O. The number of aliphatic hydroxyl groups is 1. The minimum atomic E-state index is 0.199. The van der Waals surface area contributed by atoms with Crippen molar-refractivity contribution in [1.82, 2.24) is 10.2 Å². The first kappa shape index (κ1) is 11.5. The zero-order chi connectivity index (χ0) is 10.4. The number of hydrogen-bond donors (Lipinski definition) is 2. The predicted octanol–water partition coefficient (Wildman–Crippen LogP) is 1.97. The summed E-state index contributed by atoms with van der Waals surface area (Å²) in [6, 6.07) is 1.62. The maximum absolute atomic E-state index is 8.56. The van der Waals surface area contributed by atoms with Crippen LogP contribution in [0.2, 0.25) is 10.3 Å². The van der Waals surface area contributed by atoms with Crippen LogP contribution in [0.4, 0.5) is 5.69 Å². The summed E-state index contributed by atoms with van der Waals surface area (Å²) < 4.78 is 0. The Kier molecular flexibility index (Phi) is 4.93. The fourth-order valence-electron chi connectivity index (χ4n) is 0.937. The fraction of sp³-hybridized carbons (Fsp3) is 0.500. The number of anilines is 1. The molecule has 1 aromatic rings. The van der Waals surface area contributed by atoms with Crippen LogP contribution < -0.4 is 5.32 Å². The highest BCUT2D eigenvalue weighted by atomic mass is 35.5. The molecule has 14 heavy (non-hydrogen) atoms. The first-order chi connectivity index (χ1) is 6.74. The van der Waals surface area contributed by atoms with Crippen LogP contribution in [0.15, 0.2) is 6.07 Å². The summed E-state index contributed by atoms with van der Waals surface area (Å²) in [5.74, 6) is 0. The Labute approximate surface area is 92.2 Å². The third kappa shape index (κ3) is 3.65. The molecule has 0 spiro atoms. The highest BCUT2D eigenvalue weighted by molar-refractivity contribution is 6.33. The van der Waals surface area contributed by atoms with Crippen LogP contribution in [0.3, 0.4) is 0 Å². The number of unbranched alkanes of at least 4 members (excludes halogenated alkanes) is 1. The van der Waals surface area contributed by atoms with Crippen LogP contribution in [0.5, 0.6) is 0 Å². The lowest BCUT2D eigenvalue weighted by atomic mass is 10.3. The zero-order valence-corrected chi connectivity index (χ0v) is 9.02. The van der Waals surface area contributed by atoms with Crippen LogP contribution in [0, 0.1) is 0 Å². The lowest BCUT2D eigenvalue weighted by Crippen LogP contribution is -2.04. The number of aliphatic hydroxyl groups excluding tert-OH is 1. The van der Waals surface area contributed by atoms with Crippen LogP contribution in [-0.2, 0) is 0 Å². The molecule has 0 saturated carbocycles. The van der Waals surface area contributed by atoms with E-state index < -0.39 is 0 Å². The van der Waals surface area contributed by atoms with E-state index in [0.29, 0.717) is 16.0 Å². The van der Waals surface area contributed by atoms with Gasteiger partial charge < -0.3 is 10.4 Å². The second kappa shape index (κ2) is 6.01. The molecule has 0 radical (unpaired) electrons. The van der Waals surface area contributed by atoms with Gasteiger partial charge in [-0.3, -0.25) is 0 Å². The standard InChI is InChI=1S/C8H11Cl2N3O/c9-7-5-6(8(10)13-12-7)11-3-1-2-4-14/h5,14H,1-4H2,(H,11,12). The summed E-state index contributed by atoms with van der Waals surface area (Å²) in [4.78, 5) is 0. The minimum absolute atomic E-state index is 0.199. The Hall–Kier alpha value is -0.580. The van der Waals surface area contributed by atoms with Crippen molar-refractivity contribution in [2.75, 3.05) is 18.5 Å². The Morgan fingerprint density at radius 1 is 1.29 bits per heavy atom. The second-order valence-corrected chi connectivity index (χ2v) is 3.47. The highest BCUT2D eigenvalue weighted by Crippen LogP contribution is 2.20. The molecule has 6 heteroatoms. The van der Waals surface area contributed by atoms with E-state index in [-0.39, 0.29) is 6.61 Å². The van der Waals surface area contributed by atoms with Crippen LogP contribution >= 0.6 is 23.2 Å². The number of nitrogens with zero attached hydrogens (tertiary/aromatic N) is 2. The average molecular weight is 236 g/mol. The molecule has 0 atom stereocenters. The quantitative estimate of drug-likeness (QED) is 0.767. The molecule has 0 aliphatic carbocycles. The van der Waals surface area contributed by atoms with Gasteiger partial charge in [-0.2, -0.15) is 0 Å². The van der Waals surface area contributed by atoms with E-state index in [4.69, 9.17) is 28.3 Å². The van der Waals surface area contributed by atoms with Crippen LogP contribution in [-0.4, -0.2) is 28.5 Å². The van der Waals surface area contributed by atoms with Gasteiger partial charge in [0, 0.05) is 19.2 Å². The summed E-state index contributed by atoms with van der Waals surface area (Å²) in [7, 11) is 0. The summed E-state index contributed by atoms with van der Waals surface area (Å²) in [5, 5.41) is 19.5. The first-order valence-corrected chi connectivity index (χ1v) is 5.03. The van der Waals surface area contributed by atoms with Crippen molar-refractivity contribution >= 4 is 28.9 Å². The van der Waals surface area contributed by atoms with Crippen molar-refractivity contribution in [2.24, 2.45) is 0 Å². The van der Waals surface area contributed by atoms with E-state index in [0.717, 1.165) is 19.4 Å². The molecule has 0 amide bonds. The van der Waals surface area contributed by atoms with Crippen molar-refractivity contribution in [3.8, 4) is 0 Å². The molecular weight excluding hydrogens is 225 g/mol. The molecule has 78 valence electrons. The fourth-order valence-corrected chi connectivity index (χ4v) is 1.24. The summed E-state index contributed by atoms with van der Waals surface area (Å²) in [5.41, 5.74) is 0.671. The van der Waals surface area contributed by atoms with Crippen LogP contribution in [0.1, 0.15) is 12.8 Å². The SMILES string of the molecule is OCCCCNc1cc(Cl)nnc1Cl. The Morgan fingerprint density at radius 3 is 2.79 bits per heavy atom. The number of halogens is 2. The summed E-state index contributed by atoms with van der Waals surface area (Å²) in [6.45, 7) is 0.924. The Balaban J connectivity index is 2.45. The predicted molar refractivity (Wildman–Crippen MR) is 56.9 cm³/mol. The number of hydrogen-bond acceptors (Lipinski definition) is 4. The molecule has 1 aromatic heterocycles. The normalized spacial score (nSPS) is 10.2. The second-order valence-electron chi connectivity index (χ2n) is 2.73. The van der Waals surface area contributed by atoms with Gasteiger partial charge in [0.2, 0.25) is 0 Å². The highest BCUT2D eigenvalue weighted by Gasteiger charge is 2.02. The van der Waals surface area contributed by atoms with Gasteiger partial charge in [-0.05, 0) is 12.8 Å². The molecule has 1 heterocycles. The monoisotopic (exact) mass is 235 g/mol. The van der Waals surface area contributed by atoms with Gasteiger partial charge >= 0.3 is 0 Å². The first-order valence-electron chi connectivity index (χ1n) is 4.27. The van der Waals surface area contributed by atoms with Gasteiger partial charge in [0.15, 0.2) is 10.3 Å². The maximum Gasteiger partial charge on any atom is 0.174 e. The summed E-state index contributed by atoms with van der Waals surface area (Å²) >= 11 is 11.4. The lowest BCUT2D eigenvalue weighted by molar-refractivity contribution is 0.286. The van der Waals surface area contributed by atoms with E-state index in [1.54, 1.807) is 6.07 Å². The molecule has 0 fully saturated rings. The summed E-state index contributed by atoms with van der Waals surface area (Å²) in [6.07, 6.45) is 1.63. The van der Waals surface area contributed by atoms with Gasteiger partial charge in [-0.1, -0.05) is 23.2 Å². The van der Waals surface area contributed by atoms with E-state index in [9.17, 15) is 0 Å². The molecule has 2 N–H and O–H groups in total. The molecule has 0 unspecified atom stereocenters. The van der Waals surface area contributed by atoms with E-state index in [1.807, 2.05) is 0 Å². The lowest BCUT2D eigenvalue weighted by Gasteiger charge is -2.06. The van der Waals surface area contributed by atoms with Crippen molar-refractivity contribution in [3.63, 3.8) is 0 Å². The Bertz CT molecular complexity index is 296. The zero-order valence-electron chi connectivity index (χ0n) is 7.50. The van der Waals surface area contributed by atoms with E-state index >= 15 is 0 Å². The molecule has 1 rings (SSSR count). The van der Waals surface area contributed by atoms with Crippen molar-refractivity contribution in [1.29, 1.82) is 0 Å². The number of aromatic nitrogens is 2. The topological polar surface area (TPSA) is 58.0 Å².